The molecular formula is C21H28N2O2. The molecule has 2 aliphatic rings. The molecule has 0 aliphatic heterocycles. The third-order valence-corrected chi connectivity index (χ3v) is 6.59. The van der Waals surface area contributed by atoms with Gasteiger partial charge in [-0.15, -0.1) is 0 Å². The highest BCUT2D eigenvalue weighted by atomic mass is 16.5. The molecular weight excluding hydrogens is 312 g/mol. The Balaban J connectivity index is 1.62. The standard InChI is InChI=1S/C21H28N2O2/c1-4-25-19-14-18(21(19)11-5-6-12-21)23(3)20(24)16-8-7-9-17-15(16)10-13-22(17)2/h7-10,13,18-19H,4-6,11-12,14H2,1-3H3/t18-,19-/m0/s1. The summed E-state index contributed by atoms with van der Waals surface area (Å²) in [7, 11) is 4.00. The van der Waals surface area contributed by atoms with E-state index in [1.165, 1.54) is 25.7 Å². The van der Waals surface area contributed by atoms with Gasteiger partial charge in [0.1, 0.15) is 0 Å². The summed E-state index contributed by atoms with van der Waals surface area (Å²) < 4.78 is 8.08. The van der Waals surface area contributed by atoms with E-state index in [9.17, 15) is 4.79 Å². The van der Waals surface area contributed by atoms with Gasteiger partial charge in [0.15, 0.2) is 0 Å². The fourth-order valence-corrected chi connectivity index (χ4v) is 5.21. The van der Waals surface area contributed by atoms with Gasteiger partial charge in [-0.1, -0.05) is 18.9 Å². The average molecular weight is 340 g/mol. The number of benzene rings is 1. The first kappa shape index (κ1) is 16.6. The Bertz CT molecular complexity index is 788. The van der Waals surface area contributed by atoms with Crippen molar-refractivity contribution in [2.24, 2.45) is 12.5 Å². The summed E-state index contributed by atoms with van der Waals surface area (Å²) in [5.41, 5.74) is 2.11. The number of ether oxygens (including phenoxy) is 1. The number of carbonyl (C=O) groups excluding carboxylic acids is 1. The molecule has 2 atom stereocenters. The van der Waals surface area contributed by atoms with Gasteiger partial charge in [0.05, 0.1) is 6.10 Å². The molecule has 25 heavy (non-hydrogen) atoms. The third-order valence-electron chi connectivity index (χ3n) is 6.59. The molecule has 1 spiro atoms. The van der Waals surface area contributed by atoms with Crippen molar-refractivity contribution >= 4 is 16.8 Å². The van der Waals surface area contributed by atoms with Gasteiger partial charge in [-0.25, -0.2) is 0 Å². The molecule has 2 saturated carbocycles. The number of fused-ring (bicyclic) bond motifs is 1. The van der Waals surface area contributed by atoms with Crippen molar-refractivity contribution < 1.29 is 9.53 Å². The maximum atomic E-state index is 13.3. The van der Waals surface area contributed by atoms with E-state index in [0.29, 0.717) is 12.1 Å². The SMILES string of the molecule is CCO[C@H]1C[C@H](N(C)C(=O)c2cccc3c2ccn3C)C12CCCC2. The first-order valence-electron chi connectivity index (χ1n) is 9.51. The Kier molecular flexibility index (Phi) is 4.11. The summed E-state index contributed by atoms with van der Waals surface area (Å²) in [6.07, 6.45) is 8.22. The Morgan fingerprint density at radius 3 is 2.80 bits per heavy atom. The molecule has 4 rings (SSSR count). The molecule has 0 saturated heterocycles. The second kappa shape index (κ2) is 6.17. The molecule has 0 radical (unpaired) electrons. The fourth-order valence-electron chi connectivity index (χ4n) is 5.21. The van der Waals surface area contributed by atoms with Crippen LogP contribution in [0.25, 0.3) is 10.9 Å². The highest BCUT2D eigenvalue weighted by molar-refractivity contribution is 6.06. The van der Waals surface area contributed by atoms with Crippen molar-refractivity contribution in [2.45, 2.75) is 51.2 Å². The molecule has 0 unspecified atom stereocenters. The summed E-state index contributed by atoms with van der Waals surface area (Å²) in [5.74, 6) is 0.142. The zero-order valence-corrected chi connectivity index (χ0v) is 15.5. The number of hydrogen-bond donors (Lipinski definition) is 0. The Morgan fingerprint density at radius 1 is 1.32 bits per heavy atom. The van der Waals surface area contributed by atoms with E-state index < -0.39 is 0 Å². The van der Waals surface area contributed by atoms with Crippen molar-refractivity contribution in [3.05, 3.63) is 36.0 Å². The van der Waals surface area contributed by atoms with Crippen LogP contribution < -0.4 is 0 Å². The first-order chi connectivity index (χ1) is 12.1. The maximum Gasteiger partial charge on any atom is 0.254 e. The van der Waals surface area contributed by atoms with E-state index in [1.54, 1.807) is 0 Å². The van der Waals surface area contributed by atoms with Crippen LogP contribution >= 0.6 is 0 Å². The molecule has 134 valence electrons. The highest BCUT2D eigenvalue weighted by Crippen LogP contribution is 2.56. The van der Waals surface area contributed by atoms with Crippen LogP contribution in [-0.4, -0.2) is 41.2 Å². The molecule has 4 nitrogen and oxygen atoms in total. The Morgan fingerprint density at radius 2 is 2.08 bits per heavy atom. The van der Waals surface area contributed by atoms with Crippen LogP contribution in [0.4, 0.5) is 0 Å². The van der Waals surface area contributed by atoms with E-state index in [2.05, 4.69) is 17.6 Å². The van der Waals surface area contributed by atoms with Gasteiger partial charge in [0.25, 0.3) is 5.91 Å². The van der Waals surface area contributed by atoms with Gasteiger partial charge in [0.2, 0.25) is 0 Å². The maximum absolute atomic E-state index is 13.3. The predicted molar refractivity (Wildman–Crippen MR) is 99.7 cm³/mol. The van der Waals surface area contributed by atoms with E-state index in [-0.39, 0.29) is 11.3 Å². The largest absolute Gasteiger partial charge is 0.378 e. The summed E-state index contributed by atoms with van der Waals surface area (Å²) in [5, 5.41) is 1.04. The molecule has 2 aliphatic carbocycles. The van der Waals surface area contributed by atoms with Crippen molar-refractivity contribution in [1.82, 2.24) is 9.47 Å². The highest BCUT2D eigenvalue weighted by Gasteiger charge is 2.58. The fraction of sp³-hybridized carbons (Fsp3) is 0.571. The third kappa shape index (κ3) is 2.42. The number of amides is 1. The smallest absolute Gasteiger partial charge is 0.254 e. The zero-order valence-electron chi connectivity index (χ0n) is 15.5. The summed E-state index contributed by atoms with van der Waals surface area (Å²) in [6, 6.07) is 8.36. The number of hydrogen-bond acceptors (Lipinski definition) is 2. The van der Waals surface area contributed by atoms with Gasteiger partial charge >= 0.3 is 0 Å². The average Bonchev–Trinajstić information content (AvgIpc) is 3.26. The molecule has 1 aromatic heterocycles. The van der Waals surface area contributed by atoms with E-state index >= 15 is 0 Å². The van der Waals surface area contributed by atoms with Gasteiger partial charge in [-0.05, 0) is 44.4 Å². The minimum Gasteiger partial charge on any atom is -0.378 e. The van der Waals surface area contributed by atoms with Crippen LogP contribution in [0.3, 0.4) is 0 Å². The minimum absolute atomic E-state index is 0.142. The van der Waals surface area contributed by atoms with Crippen LogP contribution in [0, 0.1) is 5.41 Å². The topological polar surface area (TPSA) is 34.5 Å². The van der Waals surface area contributed by atoms with Gasteiger partial charge in [-0.3, -0.25) is 4.79 Å². The second-order valence-corrected chi connectivity index (χ2v) is 7.72. The van der Waals surface area contributed by atoms with Crippen molar-refractivity contribution in [3.8, 4) is 0 Å². The lowest BCUT2D eigenvalue weighted by molar-refractivity contribution is -0.152. The molecule has 4 heteroatoms. The molecule has 1 amide bonds. The molecule has 0 bridgehead atoms. The number of nitrogens with zero attached hydrogens (tertiary/aromatic N) is 2. The number of aryl methyl sites for hydroxylation is 1. The minimum atomic E-state index is 0.142. The molecule has 1 heterocycles. The second-order valence-electron chi connectivity index (χ2n) is 7.72. The van der Waals surface area contributed by atoms with Crippen LogP contribution in [0.1, 0.15) is 49.4 Å². The van der Waals surface area contributed by atoms with Gasteiger partial charge < -0.3 is 14.2 Å². The lowest BCUT2D eigenvalue weighted by Crippen LogP contribution is -2.64. The Labute approximate surface area is 149 Å². The normalized spacial score (nSPS) is 24.6. The number of aromatic nitrogens is 1. The molecule has 1 aromatic carbocycles. The van der Waals surface area contributed by atoms with Gasteiger partial charge in [0, 0.05) is 54.8 Å². The lowest BCUT2D eigenvalue weighted by Gasteiger charge is -2.57. The first-order valence-corrected chi connectivity index (χ1v) is 9.51. The zero-order chi connectivity index (χ0) is 17.6. The lowest BCUT2D eigenvalue weighted by atomic mass is 9.60. The quantitative estimate of drug-likeness (QED) is 0.843. The Hall–Kier alpha value is -1.81. The van der Waals surface area contributed by atoms with E-state index in [0.717, 1.165) is 29.5 Å². The summed E-state index contributed by atoms with van der Waals surface area (Å²) in [6.45, 7) is 2.83. The molecule has 2 fully saturated rings. The van der Waals surface area contributed by atoms with Crippen LogP contribution in [0.15, 0.2) is 30.5 Å². The molecule has 2 aromatic rings. The van der Waals surface area contributed by atoms with Crippen LogP contribution in [-0.2, 0) is 11.8 Å². The van der Waals surface area contributed by atoms with Crippen molar-refractivity contribution in [2.75, 3.05) is 13.7 Å². The van der Waals surface area contributed by atoms with Crippen molar-refractivity contribution in [3.63, 3.8) is 0 Å². The predicted octanol–water partition coefficient (Wildman–Crippen LogP) is 3.99. The number of carbonyl (C=O) groups is 1. The van der Waals surface area contributed by atoms with E-state index in [4.69, 9.17) is 4.74 Å². The molecule has 0 N–H and O–H groups in total. The van der Waals surface area contributed by atoms with Crippen LogP contribution in [0.2, 0.25) is 0 Å². The number of rotatable bonds is 4. The summed E-state index contributed by atoms with van der Waals surface area (Å²) in [4.78, 5) is 15.3. The van der Waals surface area contributed by atoms with Gasteiger partial charge in [-0.2, -0.15) is 0 Å². The van der Waals surface area contributed by atoms with Crippen LogP contribution in [0.5, 0.6) is 0 Å². The van der Waals surface area contributed by atoms with E-state index in [1.807, 2.05) is 43.4 Å². The summed E-state index contributed by atoms with van der Waals surface area (Å²) >= 11 is 0. The van der Waals surface area contributed by atoms with Crippen molar-refractivity contribution in [1.29, 1.82) is 0 Å². The monoisotopic (exact) mass is 340 g/mol.